The maximum atomic E-state index is 13.2. The first-order valence-corrected chi connectivity index (χ1v) is 8.49. The van der Waals surface area contributed by atoms with E-state index in [2.05, 4.69) is 27.6 Å². The molecule has 0 spiro atoms. The van der Waals surface area contributed by atoms with Crippen molar-refractivity contribution in [2.75, 3.05) is 11.9 Å². The summed E-state index contributed by atoms with van der Waals surface area (Å²) in [6.07, 6.45) is 7.48. The molecule has 4 rings (SSSR count). The Bertz CT molecular complexity index is 817. The average Bonchev–Trinajstić information content (AvgIpc) is 3.06. The molecule has 2 aromatic rings. The third-order valence-electron chi connectivity index (χ3n) is 4.50. The van der Waals surface area contributed by atoms with Gasteiger partial charge in [-0.1, -0.05) is 18.2 Å². The fraction of sp³-hybridized carbons (Fsp3) is 0.389. The van der Waals surface area contributed by atoms with E-state index in [0.717, 1.165) is 19.3 Å². The van der Waals surface area contributed by atoms with Crippen LogP contribution in [-0.2, 0) is 0 Å². The van der Waals surface area contributed by atoms with Crippen LogP contribution < -0.4 is 10.1 Å². The van der Waals surface area contributed by atoms with Crippen molar-refractivity contribution in [2.45, 2.75) is 37.6 Å². The number of ether oxygens (including phenoxy) is 1. The van der Waals surface area contributed by atoms with Crippen LogP contribution in [0.1, 0.15) is 42.2 Å². The van der Waals surface area contributed by atoms with Gasteiger partial charge in [0.25, 0.3) is 5.91 Å². The summed E-state index contributed by atoms with van der Waals surface area (Å²) in [5, 5.41) is 7.59. The lowest BCUT2D eigenvalue weighted by molar-refractivity contribution is 0.0860. The molecule has 1 aliphatic carbocycles. The standard InChI is InChI=1S/C18H19FN4O2/c19-13-7-4-8-15(9-13)25-11-14-10-16(24)23-18(20-14)21-17(22-23)12-5-2-1-3-6-12/h1-2,4,7-9,12,14H,3,5-6,10-11H2,(H,20,21,22). The number of carbonyl (C=O) groups excluding carboxylic acids is 1. The van der Waals surface area contributed by atoms with E-state index in [4.69, 9.17) is 4.74 Å². The van der Waals surface area contributed by atoms with Crippen molar-refractivity contribution in [3.63, 3.8) is 0 Å². The molecule has 7 heteroatoms. The van der Waals surface area contributed by atoms with Crippen LogP contribution in [0.15, 0.2) is 36.4 Å². The summed E-state index contributed by atoms with van der Waals surface area (Å²) in [4.78, 5) is 16.9. The number of rotatable bonds is 4. The van der Waals surface area contributed by atoms with Crippen molar-refractivity contribution in [3.05, 3.63) is 48.1 Å². The molecule has 0 amide bonds. The molecule has 130 valence electrons. The number of carbonyl (C=O) groups is 1. The molecular weight excluding hydrogens is 323 g/mol. The van der Waals surface area contributed by atoms with Gasteiger partial charge in [-0.05, 0) is 31.4 Å². The number of allylic oxidation sites excluding steroid dienone is 2. The van der Waals surface area contributed by atoms with Crippen LogP contribution in [0, 0.1) is 5.82 Å². The molecule has 0 saturated heterocycles. The maximum Gasteiger partial charge on any atom is 0.252 e. The molecule has 0 fully saturated rings. The Labute approximate surface area is 144 Å². The van der Waals surface area contributed by atoms with Gasteiger partial charge in [0.1, 0.15) is 18.2 Å². The third-order valence-corrected chi connectivity index (χ3v) is 4.50. The lowest BCUT2D eigenvalue weighted by Gasteiger charge is -2.23. The van der Waals surface area contributed by atoms with E-state index < -0.39 is 0 Å². The SMILES string of the molecule is O=C1CC(COc2cccc(F)c2)Nc2nc(C3CC=CCC3)nn21. The van der Waals surface area contributed by atoms with E-state index >= 15 is 0 Å². The van der Waals surface area contributed by atoms with E-state index in [-0.39, 0.29) is 36.7 Å². The van der Waals surface area contributed by atoms with Crippen molar-refractivity contribution >= 4 is 11.9 Å². The highest BCUT2D eigenvalue weighted by atomic mass is 19.1. The summed E-state index contributed by atoms with van der Waals surface area (Å²) >= 11 is 0. The topological polar surface area (TPSA) is 69.0 Å². The van der Waals surface area contributed by atoms with Gasteiger partial charge in [0.15, 0.2) is 5.82 Å². The Morgan fingerprint density at radius 1 is 1.36 bits per heavy atom. The van der Waals surface area contributed by atoms with E-state index in [1.54, 1.807) is 12.1 Å². The van der Waals surface area contributed by atoms with Gasteiger partial charge in [0, 0.05) is 12.0 Å². The van der Waals surface area contributed by atoms with Crippen LogP contribution in [0.4, 0.5) is 10.3 Å². The first-order chi connectivity index (χ1) is 12.2. The molecule has 6 nitrogen and oxygen atoms in total. The van der Waals surface area contributed by atoms with Crippen molar-refractivity contribution < 1.29 is 13.9 Å². The smallest absolute Gasteiger partial charge is 0.252 e. The Morgan fingerprint density at radius 2 is 2.28 bits per heavy atom. The molecule has 0 radical (unpaired) electrons. The van der Waals surface area contributed by atoms with Crippen LogP contribution in [0.2, 0.25) is 0 Å². The van der Waals surface area contributed by atoms with Crippen molar-refractivity contribution in [3.8, 4) is 5.75 Å². The van der Waals surface area contributed by atoms with Gasteiger partial charge in [0.2, 0.25) is 5.95 Å². The van der Waals surface area contributed by atoms with E-state index in [9.17, 15) is 9.18 Å². The van der Waals surface area contributed by atoms with Crippen molar-refractivity contribution in [1.82, 2.24) is 14.8 Å². The van der Waals surface area contributed by atoms with Crippen LogP contribution in [0.25, 0.3) is 0 Å². The molecule has 2 heterocycles. The number of nitrogens with zero attached hydrogens (tertiary/aromatic N) is 3. The summed E-state index contributed by atoms with van der Waals surface area (Å²) in [6.45, 7) is 0.254. The van der Waals surface area contributed by atoms with Gasteiger partial charge >= 0.3 is 0 Å². The minimum atomic E-state index is -0.351. The highest BCUT2D eigenvalue weighted by Crippen LogP contribution is 2.29. The molecule has 0 saturated carbocycles. The molecule has 1 N–H and O–H groups in total. The fourth-order valence-corrected chi connectivity index (χ4v) is 3.18. The third kappa shape index (κ3) is 3.40. The van der Waals surface area contributed by atoms with Crippen LogP contribution in [0.5, 0.6) is 5.75 Å². The molecule has 2 atom stereocenters. The largest absolute Gasteiger partial charge is 0.491 e. The van der Waals surface area contributed by atoms with Gasteiger partial charge in [0.05, 0.1) is 12.5 Å². The average molecular weight is 342 g/mol. The Kier molecular flexibility index (Phi) is 4.21. The lowest BCUT2D eigenvalue weighted by atomic mass is 9.94. The van der Waals surface area contributed by atoms with Crippen LogP contribution in [0.3, 0.4) is 0 Å². The minimum absolute atomic E-state index is 0.105. The molecular formula is C18H19FN4O2. The van der Waals surface area contributed by atoms with Crippen molar-refractivity contribution in [2.24, 2.45) is 0 Å². The van der Waals surface area contributed by atoms with Gasteiger partial charge < -0.3 is 10.1 Å². The molecule has 2 aliphatic rings. The zero-order valence-electron chi connectivity index (χ0n) is 13.7. The Balaban J connectivity index is 1.44. The first kappa shape index (κ1) is 15.8. The quantitative estimate of drug-likeness (QED) is 0.865. The number of fused-ring (bicyclic) bond motifs is 1. The molecule has 0 bridgehead atoms. The molecule has 1 aromatic heterocycles. The number of hydrogen-bond acceptors (Lipinski definition) is 5. The zero-order valence-corrected chi connectivity index (χ0v) is 13.7. The van der Waals surface area contributed by atoms with E-state index in [1.165, 1.54) is 16.8 Å². The van der Waals surface area contributed by atoms with E-state index in [0.29, 0.717) is 17.5 Å². The van der Waals surface area contributed by atoms with Gasteiger partial charge in [-0.15, -0.1) is 5.10 Å². The number of benzene rings is 1. The minimum Gasteiger partial charge on any atom is -0.491 e. The summed E-state index contributed by atoms with van der Waals surface area (Å²) in [5.41, 5.74) is 0. The lowest BCUT2D eigenvalue weighted by Crippen LogP contribution is -2.38. The van der Waals surface area contributed by atoms with Gasteiger partial charge in [-0.2, -0.15) is 9.67 Å². The van der Waals surface area contributed by atoms with Gasteiger partial charge in [-0.3, -0.25) is 4.79 Å². The molecule has 25 heavy (non-hydrogen) atoms. The highest BCUT2D eigenvalue weighted by molar-refractivity contribution is 5.83. The normalized spacial score (nSPS) is 22.4. The Morgan fingerprint density at radius 3 is 3.08 bits per heavy atom. The highest BCUT2D eigenvalue weighted by Gasteiger charge is 2.29. The molecule has 1 aromatic carbocycles. The monoisotopic (exact) mass is 342 g/mol. The second-order valence-electron chi connectivity index (χ2n) is 6.39. The predicted octanol–water partition coefficient (Wildman–Crippen LogP) is 3.14. The van der Waals surface area contributed by atoms with Crippen molar-refractivity contribution in [1.29, 1.82) is 0 Å². The van der Waals surface area contributed by atoms with Gasteiger partial charge in [-0.25, -0.2) is 4.39 Å². The maximum absolute atomic E-state index is 13.2. The summed E-state index contributed by atoms with van der Waals surface area (Å²) in [5.74, 6) is 1.43. The first-order valence-electron chi connectivity index (χ1n) is 8.49. The second kappa shape index (κ2) is 6.66. The predicted molar refractivity (Wildman–Crippen MR) is 90.3 cm³/mol. The molecule has 1 aliphatic heterocycles. The van der Waals surface area contributed by atoms with Crippen LogP contribution in [-0.4, -0.2) is 33.3 Å². The van der Waals surface area contributed by atoms with Crippen LogP contribution >= 0.6 is 0 Å². The number of aromatic nitrogens is 3. The molecule has 2 unspecified atom stereocenters. The number of hydrogen-bond donors (Lipinski definition) is 1. The fourth-order valence-electron chi connectivity index (χ4n) is 3.18. The second-order valence-corrected chi connectivity index (χ2v) is 6.39. The van der Waals surface area contributed by atoms with E-state index in [1.807, 2.05) is 0 Å². The number of anilines is 1. The summed E-state index contributed by atoms with van der Waals surface area (Å²) < 4.78 is 20.1. The zero-order chi connectivity index (χ0) is 17.2. The summed E-state index contributed by atoms with van der Waals surface area (Å²) in [6, 6.07) is 5.74. The Hall–Kier alpha value is -2.70. The number of halogens is 1. The summed E-state index contributed by atoms with van der Waals surface area (Å²) in [7, 11) is 0. The number of nitrogens with one attached hydrogen (secondary N) is 1.